The van der Waals surface area contributed by atoms with Crippen LogP contribution in [0, 0.1) is 17.5 Å². The maximum atomic E-state index is 13.1. The number of anilines is 5. The normalized spacial score (nSPS) is 15.7. The number of benzene rings is 10. The molecule has 20 rings (SSSR count). The number of nitrogens with zero attached hydrogens (tertiary/aromatic N) is 10. The van der Waals surface area contributed by atoms with E-state index in [2.05, 4.69) is 195 Å². The van der Waals surface area contributed by atoms with Crippen molar-refractivity contribution in [3.8, 4) is 0 Å². The second kappa shape index (κ2) is 47.7. The lowest BCUT2D eigenvalue weighted by molar-refractivity contribution is 0.259. The molecule has 0 radical (unpaired) electrons. The van der Waals surface area contributed by atoms with E-state index in [4.69, 9.17) is 69.6 Å². The maximum absolute atomic E-state index is 13.1. The van der Waals surface area contributed by atoms with E-state index in [1.807, 2.05) is 91.3 Å². The predicted molar refractivity (Wildman–Crippen MR) is 555 cm³/mol. The quantitative estimate of drug-likeness (QED) is 0.0262. The van der Waals surface area contributed by atoms with Crippen molar-refractivity contribution in [3.63, 3.8) is 0 Å². The minimum Gasteiger partial charge on any atom is -0.368 e. The highest BCUT2D eigenvalue weighted by molar-refractivity contribution is 8.00. The van der Waals surface area contributed by atoms with Gasteiger partial charge in [0, 0.05) is 318 Å². The highest BCUT2D eigenvalue weighted by atomic mass is 35.5. The molecular formula is C101H108Cl6F3N15S5. The van der Waals surface area contributed by atoms with E-state index < -0.39 is 0 Å². The van der Waals surface area contributed by atoms with Gasteiger partial charge in [-0.3, -0.25) is 24.5 Å². The average Bonchev–Trinajstić information content (AvgIpc) is 1.63. The summed E-state index contributed by atoms with van der Waals surface area (Å²) < 4.78 is 39.1. The summed E-state index contributed by atoms with van der Waals surface area (Å²) in [7, 11) is 0. The van der Waals surface area contributed by atoms with Crippen LogP contribution in [0.2, 0.25) is 30.1 Å². The van der Waals surface area contributed by atoms with E-state index in [1.54, 1.807) is 59.2 Å². The predicted octanol–water partition coefficient (Wildman–Crippen LogP) is 25.1. The van der Waals surface area contributed by atoms with Crippen LogP contribution in [-0.2, 0) is 0 Å². The lowest BCUT2D eigenvalue weighted by atomic mass is 10.1. The number of hydrogen-bond donors (Lipinski definition) is 5. The fourth-order valence-electron chi connectivity index (χ4n) is 17.3. The lowest BCUT2D eigenvalue weighted by Gasteiger charge is -2.36. The molecule has 5 N–H and O–H groups in total. The molecule has 0 amide bonds. The molecule has 0 aliphatic carbocycles. The fraction of sp³-hybridized carbons (Fsp3) is 0.307. The second-order valence-electron chi connectivity index (χ2n) is 32.5. The zero-order valence-electron chi connectivity index (χ0n) is 72.5. The fourth-order valence-corrected chi connectivity index (χ4v) is 23.7. The molecule has 680 valence electrons. The first kappa shape index (κ1) is 95.1. The van der Waals surface area contributed by atoms with Gasteiger partial charge in [-0.15, -0.1) is 58.8 Å². The van der Waals surface area contributed by atoms with Crippen LogP contribution in [-0.4, -0.2) is 242 Å². The summed E-state index contributed by atoms with van der Waals surface area (Å²) in [6.45, 7) is 26.7. The number of piperazine rings is 5. The first-order chi connectivity index (χ1) is 63.6. The SMILES string of the molecule is Clc1ccc(SCCN2CCN(c3cccc4[nH]ccc34)CC2)cc1Cl.Clc1cccc(Cl)c1SCCN1CCN(c2cccc3[nH]ccc23)CC1.Fc1ccc(SCCCN2CCN(c3cccc4[nH]ccc34)CC2)c(Cl)c1.Fc1ccc(SCCN2CCN(c3cccc4[nH]ccc34)CC2)c(Cl)c1.Fc1ccc(SCCN2CCN(c3cccc4[nH]ccc34)CC2)cc1. The largest absolute Gasteiger partial charge is 0.368 e. The molecule has 130 heavy (non-hydrogen) atoms. The van der Waals surface area contributed by atoms with Crippen molar-refractivity contribution in [2.45, 2.75) is 30.9 Å². The standard InChI is InChI=1S/C21H23ClFN3S.2C20H21Cl2N3S.C20H21ClFN3S.C20H22FN3S/c22-18-15-16(23)5-6-21(18)27-14-2-9-25-10-12-26(13-11-25)20-4-1-3-19-17(20)7-8-24-19;21-16-3-1-4-17(22)20(16)26-14-13-24-9-11-25(12-10-24)19-6-2-5-18-15(19)7-8-23-18;21-17-5-4-15(14-18(17)22)26-13-12-24-8-10-25(11-9-24)20-3-1-2-19-16(20)6-7-23-19;21-17-14-15(22)4-5-20(17)26-13-12-24-8-10-25(11-9-24)19-3-1-2-18-16(19)6-7-23-18;21-16-4-6-17(7-5-16)25-15-14-23-10-12-24(13-11-23)20-3-1-2-19-18(20)8-9-22-19/h1,3-8,15,24H,2,9-14H2;1-8,23H,9-14H2;2*1-7,14,23H,8-13H2;1-9,22H,10-15H2. The van der Waals surface area contributed by atoms with E-state index in [9.17, 15) is 13.2 Å². The van der Waals surface area contributed by atoms with Crippen LogP contribution < -0.4 is 24.5 Å². The first-order valence-corrected chi connectivity index (χ1v) is 51.7. The van der Waals surface area contributed by atoms with Crippen molar-refractivity contribution in [3.05, 3.63) is 297 Å². The Kier molecular flexibility index (Phi) is 34.9. The van der Waals surface area contributed by atoms with Crippen molar-refractivity contribution in [2.24, 2.45) is 0 Å². The number of thioether (sulfide) groups is 5. The molecule has 5 aliphatic rings. The number of halogens is 9. The molecule has 0 atom stereocenters. The Morgan fingerprint density at radius 2 is 0.531 bits per heavy atom. The Hall–Kier alpha value is -8.02. The van der Waals surface area contributed by atoms with E-state index in [0.29, 0.717) is 20.1 Å². The summed E-state index contributed by atoms with van der Waals surface area (Å²) in [6.07, 6.45) is 11.2. The summed E-state index contributed by atoms with van der Waals surface area (Å²) in [5.41, 5.74) is 12.7. The second-order valence-corrected chi connectivity index (χ2v) is 40.7. The van der Waals surface area contributed by atoms with Crippen LogP contribution in [0.5, 0.6) is 0 Å². The minimum atomic E-state index is -0.284. The molecule has 5 aliphatic heterocycles. The number of aromatic nitrogens is 5. The molecule has 10 aromatic carbocycles. The third-order valence-electron chi connectivity index (χ3n) is 24.4. The van der Waals surface area contributed by atoms with Gasteiger partial charge in [0.05, 0.1) is 30.1 Å². The molecule has 0 bridgehead atoms. The van der Waals surface area contributed by atoms with Crippen molar-refractivity contribution in [2.75, 3.05) is 217 Å². The highest BCUT2D eigenvalue weighted by Gasteiger charge is 2.26. The van der Waals surface area contributed by atoms with Crippen LogP contribution in [0.1, 0.15) is 6.42 Å². The molecule has 10 heterocycles. The molecule has 0 spiro atoms. The number of H-pyrrole nitrogens is 5. The topological polar surface area (TPSA) is 111 Å². The highest BCUT2D eigenvalue weighted by Crippen LogP contribution is 2.38. The average molecular weight is 1960 g/mol. The van der Waals surface area contributed by atoms with Crippen molar-refractivity contribution in [1.82, 2.24) is 49.4 Å². The van der Waals surface area contributed by atoms with Crippen LogP contribution >= 0.6 is 128 Å². The van der Waals surface area contributed by atoms with Gasteiger partial charge < -0.3 is 49.4 Å². The molecule has 0 unspecified atom stereocenters. The smallest absolute Gasteiger partial charge is 0.124 e. The maximum Gasteiger partial charge on any atom is 0.124 e. The van der Waals surface area contributed by atoms with Gasteiger partial charge in [-0.05, 0) is 201 Å². The molecule has 0 saturated carbocycles. The number of rotatable bonds is 26. The van der Waals surface area contributed by atoms with Crippen LogP contribution in [0.4, 0.5) is 41.6 Å². The van der Waals surface area contributed by atoms with Crippen LogP contribution in [0.25, 0.3) is 54.5 Å². The minimum absolute atomic E-state index is 0.169. The molecule has 15 nitrogen and oxygen atoms in total. The number of fused-ring (bicyclic) bond motifs is 5. The number of aromatic amines is 5. The summed E-state index contributed by atoms with van der Waals surface area (Å²) in [6, 6.07) is 70.7. The summed E-state index contributed by atoms with van der Waals surface area (Å²) in [5, 5.41) is 10.3. The van der Waals surface area contributed by atoms with E-state index in [0.717, 1.165) is 228 Å². The van der Waals surface area contributed by atoms with Gasteiger partial charge in [0.15, 0.2) is 0 Å². The number of hydrogen-bond acceptors (Lipinski definition) is 15. The zero-order valence-corrected chi connectivity index (χ0v) is 81.1. The Labute approximate surface area is 811 Å². The Morgan fingerprint density at radius 1 is 0.238 bits per heavy atom. The molecule has 5 fully saturated rings. The molecular weight excluding hydrogens is 1850 g/mol. The third-order valence-corrected chi connectivity index (χ3v) is 32.1. The van der Waals surface area contributed by atoms with Crippen molar-refractivity contribution < 1.29 is 13.2 Å². The van der Waals surface area contributed by atoms with Crippen molar-refractivity contribution in [1.29, 1.82) is 0 Å². The van der Waals surface area contributed by atoms with Gasteiger partial charge in [-0.1, -0.05) is 106 Å². The van der Waals surface area contributed by atoms with Crippen LogP contribution in [0.3, 0.4) is 0 Å². The van der Waals surface area contributed by atoms with Gasteiger partial charge in [0.2, 0.25) is 0 Å². The van der Waals surface area contributed by atoms with Gasteiger partial charge in [0.1, 0.15) is 17.5 Å². The van der Waals surface area contributed by atoms with Crippen LogP contribution in [0.15, 0.2) is 274 Å². The van der Waals surface area contributed by atoms with Crippen molar-refractivity contribution >= 4 is 211 Å². The van der Waals surface area contributed by atoms with E-state index >= 15 is 0 Å². The zero-order chi connectivity index (χ0) is 89.5. The lowest BCUT2D eigenvalue weighted by Crippen LogP contribution is -2.47. The van der Waals surface area contributed by atoms with E-state index in [1.165, 1.54) is 124 Å². The number of nitrogens with one attached hydrogen (secondary N) is 5. The molecule has 29 heteroatoms. The Balaban J connectivity index is 0.000000119. The van der Waals surface area contributed by atoms with Gasteiger partial charge in [-0.25, -0.2) is 13.2 Å². The third kappa shape index (κ3) is 25.9. The molecule has 5 saturated heterocycles. The van der Waals surface area contributed by atoms with E-state index in [-0.39, 0.29) is 17.5 Å². The first-order valence-electron chi connectivity index (χ1n) is 44.5. The van der Waals surface area contributed by atoms with Gasteiger partial charge in [-0.2, -0.15) is 0 Å². The Bertz CT molecular complexity index is 6080. The van der Waals surface area contributed by atoms with Gasteiger partial charge in [0.25, 0.3) is 0 Å². The Morgan fingerprint density at radius 3 is 0.869 bits per heavy atom. The van der Waals surface area contributed by atoms with Gasteiger partial charge >= 0.3 is 0 Å². The molecule has 15 aromatic rings. The monoisotopic (exact) mass is 1960 g/mol. The summed E-state index contributed by atoms with van der Waals surface area (Å²) >= 11 is 45.5. The molecule has 5 aromatic heterocycles. The summed E-state index contributed by atoms with van der Waals surface area (Å²) in [5.74, 6) is 4.32. The summed E-state index contributed by atoms with van der Waals surface area (Å²) in [4.78, 5) is 46.7.